The first-order valence-corrected chi connectivity index (χ1v) is 15.7. The summed E-state index contributed by atoms with van der Waals surface area (Å²) in [5, 5.41) is 0. The number of ether oxygens (including phenoxy) is 2. The molecule has 0 saturated carbocycles. The highest BCUT2D eigenvalue weighted by Gasteiger charge is 2.23. The third-order valence-electron chi connectivity index (χ3n) is 8.43. The summed E-state index contributed by atoms with van der Waals surface area (Å²) in [5.74, 6) is -3.35. The molecule has 0 radical (unpaired) electrons. The van der Waals surface area contributed by atoms with Crippen LogP contribution in [0, 0.1) is 29.2 Å². The van der Waals surface area contributed by atoms with E-state index in [1.54, 1.807) is 43.3 Å². The first-order chi connectivity index (χ1) is 20.4. The number of hydrogen-bond donors (Lipinski definition) is 0. The number of halogens is 4. The molecule has 1 aliphatic heterocycles. The average Bonchev–Trinajstić information content (AvgIpc) is 3.01. The number of unbranched alkanes of at least 4 members (excludes halogenated alkanes) is 6. The maximum atomic E-state index is 15.1. The van der Waals surface area contributed by atoms with Gasteiger partial charge >= 0.3 is 0 Å². The van der Waals surface area contributed by atoms with Crippen LogP contribution in [0.4, 0.5) is 17.6 Å². The Morgan fingerprint density at radius 1 is 0.667 bits per heavy atom. The van der Waals surface area contributed by atoms with Gasteiger partial charge in [-0.1, -0.05) is 88.3 Å². The molecular formula is C36H44F4O2. The van der Waals surface area contributed by atoms with E-state index < -0.39 is 23.3 Å². The summed E-state index contributed by atoms with van der Waals surface area (Å²) in [5.41, 5.74) is 1.42. The van der Waals surface area contributed by atoms with Crippen molar-refractivity contribution >= 4 is 0 Å². The van der Waals surface area contributed by atoms with Crippen LogP contribution in [0.2, 0.25) is 0 Å². The highest BCUT2D eigenvalue weighted by atomic mass is 19.2. The third kappa shape index (κ3) is 8.37. The van der Waals surface area contributed by atoms with Gasteiger partial charge in [0, 0.05) is 17.7 Å². The molecule has 6 heteroatoms. The van der Waals surface area contributed by atoms with Crippen LogP contribution in [0.1, 0.15) is 90.0 Å². The first-order valence-electron chi connectivity index (χ1n) is 15.7. The van der Waals surface area contributed by atoms with Crippen LogP contribution < -0.4 is 4.74 Å². The molecule has 3 aromatic carbocycles. The van der Waals surface area contributed by atoms with Crippen LogP contribution in [0.25, 0.3) is 22.3 Å². The summed E-state index contributed by atoms with van der Waals surface area (Å²) in [6.07, 6.45) is 13.7. The predicted molar refractivity (Wildman–Crippen MR) is 162 cm³/mol. The minimum absolute atomic E-state index is 0.0681. The van der Waals surface area contributed by atoms with Gasteiger partial charge in [-0.15, -0.1) is 0 Å². The third-order valence-corrected chi connectivity index (χ3v) is 8.43. The van der Waals surface area contributed by atoms with Crippen LogP contribution in [0.3, 0.4) is 0 Å². The molecule has 2 atom stereocenters. The Bertz CT molecular complexity index is 1270. The van der Waals surface area contributed by atoms with Crippen LogP contribution >= 0.6 is 0 Å². The Labute approximate surface area is 248 Å². The smallest absolute Gasteiger partial charge is 0.201 e. The van der Waals surface area contributed by atoms with E-state index in [1.807, 2.05) is 0 Å². The zero-order valence-corrected chi connectivity index (χ0v) is 25.0. The molecule has 0 aliphatic carbocycles. The molecule has 1 fully saturated rings. The summed E-state index contributed by atoms with van der Waals surface area (Å²) in [7, 11) is 0. The van der Waals surface area contributed by atoms with Gasteiger partial charge in [0.15, 0.2) is 23.2 Å². The number of rotatable bonds is 15. The molecule has 228 valence electrons. The van der Waals surface area contributed by atoms with Crippen LogP contribution in [-0.2, 0) is 11.2 Å². The maximum Gasteiger partial charge on any atom is 0.201 e. The van der Waals surface area contributed by atoms with Crippen LogP contribution in [0.15, 0.2) is 48.5 Å². The molecular weight excluding hydrogens is 540 g/mol. The minimum atomic E-state index is -1.05. The zero-order chi connectivity index (χ0) is 29.9. The summed E-state index contributed by atoms with van der Waals surface area (Å²) in [4.78, 5) is 0. The van der Waals surface area contributed by atoms with Crippen molar-refractivity contribution in [3.8, 4) is 28.0 Å². The van der Waals surface area contributed by atoms with E-state index in [2.05, 4.69) is 6.92 Å². The molecule has 3 aromatic rings. The molecule has 4 rings (SSSR count). The van der Waals surface area contributed by atoms with Gasteiger partial charge in [-0.25, -0.2) is 13.2 Å². The minimum Gasteiger partial charge on any atom is -0.491 e. The summed E-state index contributed by atoms with van der Waals surface area (Å²) in [6.45, 7) is 4.92. The Morgan fingerprint density at radius 2 is 1.29 bits per heavy atom. The molecule has 1 heterocycles. The summed E-state index contributed by atoms with van der Waals surface area (Å²) in [6, 6.07) is 12.3. The average molecular weight is 585 g/mol. The van der Waals surface area contributed by atoms with Crippen molar-refractivity contribution in [3.05, 3.63) is 77.4 Å². The van der Waals surface area contributed by atoms with E-state index >= 15 is 8.78 Å². The Morgan fingerprint density at radius 3 is 1.90 bits per heavy atom. The second kappa shape index (κ2) is 16.1. The molecule has 0 spiro atoms. The van der Waals surface area contributed by atoms with Crippen molar-refractivity contribution in [2.24, 2.45) is 5.92 Å². The monoisotopic (exact) mass is 584 g/mol. The van der Waals surface area contributed by atoms with Crippen LogP contribution in [0.5, 0.6) is 5.75 Å². The normalized spacial score (nSPS) is 17.0. The quantitative estimate of drug-likeness (QED) is 0.131. The molecule has 0 amide bonds. The number of aryl methyl sites for hydroxylation is 1. The topological polar surface area (TPSA) is 18.5 Å². The lowest BCUT2D eigenvalue weighted by Crippen LogP contribution is -2.26. The SMILES string of the molecule is CCCCCCCCCC1CCC(CCc2ccc(-c3ccc(-c4ccc(OCC)c(F)c4F)cc3)c(F)c2F)OC1. The Balaban J connectivity index is 1.28. The first kappa shape index (κ1) is 32.1. The highest BCUT2D eigenvalue weighted by molar-refractivity contribution is 5.71. The molecule has 0 bridgehead atoms. The Kier molecular flexibility index (Phi) is 12.3. The van der Waals surface area contributed by atoms with E-state index in [0.29, 0.717) is 35.4 Å². The lowest BCUT2D eigenvalue weighted by molar-refractivity contribution is -0.0220. The lowest BCUT2D eigenvalue weighted by atomic mass is 9.91. The van der Waals surface area contributed by atoms with Gasteiger partial charge in [0.2, 0.25) is 5.82 Å². The van der Waals surface area contributed by atoms with E-state index in [1.165, 1.54) is 63.5 Å². The fraction of sp³-hybridized carbons (Fsp3) is 0.500. The van der Waals surface area contributed by atoms with E-state index in [4.69, 9.17) is 9.47 Å². The van der Waals surface area contributed by atoms with Crippen molar-refractivity contribution < 1.29 is 27.0 Å². The van der Waals surface area contributed by atoms with Gasteiger partial charge in [0.25, 0.3) is 0 Å². The number of hydrogen-bond acceptors (Lipinski definition) is 2. The molecule has 2 nitrogen and oxygen atoms in total. The molecule has 2 unspecified atom stereocenters. The lowest BCUT2D eigenvalue weighted by Gasteiger charge is -2.29. The zero-order valence-electron chi connectivity index (χ0n) is 25.0. The van der Waals surface area contributed by atoms with Gasteiger partial charge in [-0.2, -0.15) is 4.39 Å². The fourth-order valence-corrected chi connectivity index (χ4v) is 5.88. The van der Waals surface area contributed by atoms with Crippen molar-refractivity contribution in [3.63, 3.8) is 0 Å². The van der Waals surface area contributed by atoms with Crippen molar-refractivity contribution in [1.29, 1.82) is 0 Å². The van der Waals surface area contributed by atoms with E-state index in [-0.39, 0.29) is 29.6 Å². The van der Waals surface area contributed by atoms with Gasteiger partial charge in [0.1, 0.15) is 0 Å². The number of benzene rings is 3. The van der Waals surface area contributed by atoms with Gasteiger partial charge in [-0.3, -0.25) is 0 Å². The molecule has 0 N–H and O–H groups in total. The molecule has 0 aromatic heterocycles. The maximum absolute atomic E-state index is 15.1. The highest BCUT2D eigenvalue weighted by Crippen LogP contribution is 2.33. The molecule has 1 aliphatic rings. The van der Waals surface area contributed by atoms with Crippen LogP contribution in [-0.4, -0.2) is 19.3 Å². The molecule has 42 heavy (non-hydrogen) atoms. The summed E-state index contributed by atoms with van der Waals surface area (Å²) < 4.78 is 70.3. The van der Waals surface area contributed by atoms with Crippen molar-refractivity contribution in [1.82, 2.24) is 0 Å². The van der Waals surface area contributed by atoms with E-state index in [9.17, 15) is 8.78 Å². The van der Waals surface area contributed by atoms with Gasteiger partial charge in [-0.05, 0) is 73.8 Å². The molecule has 1 saturated heterocycles. The fourth-order valence-electron chi connectivity index (χ4n) is 5.88. The second-order valence-corrected chi connectivity index (χ2v) is 11.5. The van der Waals surface area contributed by atoms with Gasteiger partial charge in [0.05, 0.1) is 12.7 Å². The van der Waals surface area contributed by atoms with Gasteiger partial charge < -0.3 is 9.47 Å². The van der Waals surface area contributed by atoms with Crippen molar-refractivity contribution in [2.75, 3.05) is 13.2 Å². The van der Waals surface area contributed by atoms with Crippen molar-refractivity contribution in [2.45, 2.75) is 97.0 Å². The second-order valence-electron chi connectivity index (χ2n) is 11.5. The Hall–Kier alpha value is -2.86. The standard InChI is InChI=1S/C36H44F4O2/c1-3-5-6-7-8-9-10-11-25-12-19-29(42-24-25)20-17-28-18-21-30(34(38)33(28)37)26-13-15-27(16-14-26)31-22-23-32(41-4-2)36(40)35(31)39/h13-16,18,21-23,25,29H,3-12,17,19-20,24H2,1-2H3. The van der Waals surface area contributed by atoms with E-state index in [0.717, 1.165) is 19.4 Å². The summed E-state index contributed by atoms with van der Waals surface area (Å²) >= 11 is 0. The predicted octanol–water partition coefficient (Wildman–Crippen LogP) is 10.8. The largest absolute Gasteiger partial charge is 0.491 e.